The maximum Gasteiger partial charge on any atom is 0.158 e. The molecule has 168 valence electrons. The summed E-state index contributed by atoms with van der Waals surface area (Å²) in [6, 6.07) is 18.6. The Bertz CT molecular complexity index is 1020. The summed E-state index contributed by atoms with van der Waals surface area (Å²) in [4.78, 5) is 18.1. The highest BCUT2D eigenvalue weighted by Gasteiger charge is 2.29. The molecule has 32 heavy (non-hydrogen) atoms. The highest BCUT2D eigenvalue weighted by atomic mass is 32.2. The highest BCUT2D eigenvalue weighted by Crippen LogP contribution is 2.36. The quantitative estimate of drug-likeness (QED) is 0.467. The number of hydroxylamine groups is 1. The summed E-state index contributed by atoms with van der Waals surface area (Å²) in [6.07, 6.45) is 2.47. The molecule has 0 radical (unpaired) electrons. The number of ether oxygens (including phenoxy) is 1. The van der Waals surface area contributed by atoms with Gasteiger partial charge in [-0.1, -0.05) is 30.3 Å². The van der Waals surface area contributed by atoms with E-state index in [4.69, 9.17) is 9.57 Å². The van der Waals surface area contributed by atoms with Crippen molar-refractivity contribution in [2.75, 3.05) is 50.5 Å². The van der Waals surface area contributed by atoms with Crippen molar-refractivity contribution < 1.29 is 9.57 Å². The predicted octanol–water partition coefficient (Wildman–Crippen LogP) is 4.77. The number of rotatable bonds is 9. The van der Waals surface area contributed by atoms with Gasteiger partial charge in [-0.3, -0.25) is 4.84 Å². The number of nitrogens with zero attached hydrogens (tertiary/aromatic N) is 4. The van der Waals surface area contributed by atoms with Crippen LogP contribution in [0.5, 0.6) is 5.75 Å². The van der Waals surface area contributed by atoms with Crippen molar-refractivity contribution in [2.45, 2.75) is 17.4 Å². The van der Waals surface area contributed by atoms with Crippen molar-refractivity contribution in [2.24, 2.45) is 0 Å². The van der Waals surface area contributed by atoms with E-state index < -0.39 is 0 Å². The standard InChI is InChI=1S/C24H29N5O2S/c1-28(2)12-14-32-19-9-10-20(22(15-19)30-3)27-23-16-24(26-17-25-23)29-21(11-13-31-29)18-7-5-4-6-8-18/h4-10,15-17,21H,11-14H2,1-3H3,(H,25,26,27)/t21-/m1/s1. The number of methoxy groups -OCH3 is 1. The van der Waals surface area contributed by atoms with Gasteiger partial charge in [0.05, 0.1) is 25.4 Å². The van der Waals surface area contributed by atoms with Gasteiger partial charge in [-0.05, 0) is 37.9 Å². The summed E-state index contributed by atoms with van der Waals surface area (Å²) in [7, 11) is 5.85. The summed E-state index contributed by atoms with van der Waals surface area (Å²) in [6.45, 7) is 1.69. The minimum atomic E-state index is 0.131. The van der Waals surface area contributed by atoms with Crippen LogP contribution in [0.25, 0.3) is 0 Å². The molecule has 0 spiro atoms. The normalized spacial score (nSPS) is 15.9. The van der Waals surface area contributed by atoms with Gasteiger partial charge in [0.15, 0.2) is 5.82 Å². The molecule has 4 rings (SSSR count). The fourth-order valence-electron chi connectivity index (χ4n) is 3.56. The molecule has 1 aliphatic heterocycles. The van der Waals surface area contributed by atoms with Gasteiger partial charge in [-0.25, -0.2) is 15.0 Å². The van der Waals surface area contributed by atoms with E-state index in [0.717, 1.165) is 36.0 Å². The smallest absolute Gasteiger partial charge is 0.158 e. The summed E-state index contributed by atoms with van der Waals surface area (Å²) in [5.41, 5.74) is 2.07. The zero-order valence-electron chi connectivity index (χ0n) is 18.7. The number of aromatic nitrogens is 2. The molecule has 8 heteroatoms. The molecule has 7 nitrogen and oxygen atoms in total. The lowest BCUT2D eigenvalue weighted by atomic mass is 10.0. The van der Waals surface area contributed by atoms with Gasteiger partial charge >= 0.3 is 0 Å². The fraction of sp³-hybridized carbons (Fsp3) is 0.333. The van der Waals surface area contributed by atoms with Crippen LogP contribution in [0, 0.1) is 0 Å². The highest BCUT2D eigenvalue weighted by molar-refractivity contribution is 7.99. The minimum Gasteiger partial charge on any atom is -0.495 e. The van der Waals surface area contributed by atoms with Crippen LogP contribution < -0.4 is 15.1 Å². The molecular weight excluding hydrogens is 422 g/mol. The first-order valence-electron chi connectivity index (χ1n) is 10.7. The van der Waals surface area contributed by atoms with E-state index in [1.54, 1.807) is 13.4 Å². The van der Waals surface area contributed by atoms with Crippen LogP contribution in [0.15, 0.2) is 65.8 Å². The molecule has 0 unspecified atom stereocenters. The summed E-state index contributed by atoms with van der Waals surface area (Å²) in [5, 5.41) is 5.25. The van der Waals surface area contributed by atoms with Crippen LogP contribution in [-0.4, -0.2) is 55.0 Å². The zero-order valence-corrected chi connectivity index (χ0v) is 19.5. The molecule has 1 aromatic heterocycles. The molecule has 1 N–H and O–H groups in total. The molecule has 2 aromatic carbocycles. The predicted molar refractivity (Wildman–Crippen MR) is 130 cm³/mol. The first kappa shape index (κ1) is 22.4. The number of hydrogen-bond acceptors (Lipinski definition) is 8. The molecular formula is C24H29N5O2S. The maximum atomic E-state index is 5.91. The average molecular weight is 452 g/mol. The maximum absolute atomic E-state index is 5.91. The number of benzene rings is 2. The Hall–Kier alpha value is -2.81. The van der Waals surface area contributed by atoms with Gasteiger partial charge in [0.25, 0.3) is 0 Å². The fourth-order valence-corrected chi connectivity index (χ4v) is 4.60. The van der Waals surface area contributed by atoms with E-state index in [-0.39, 0.29) is 6.04 Å². The average Bonchev–Trinajstić information content (AvgIpc) is 3.30. The second-order valence-corrected chi connectivity index (χ2v) is 8.94. The lowest BCUT2D eigenvalue weighted by Crippen LogP contribution is -2.22. The van der Waals surface area contributed by atoms with Gasteiger partial charge in [0.2, 0.25) is 0 Å². The van der Waals surface area contributed by atoms with Crippen molar-refractivity contribution in [3.05, 3.63) is 66.5 Å². The Balaban J connectivity index is 1.49. The first-order chi connectivity index (χ1) is 15.6. The number of nitrogens with one attached hydrogen (secondary N) is 1. The van der Waals surface area contributed by atoms with Gasteiger partial charge < -0.3 is 15.0 Å². The van der Waals surface area contributed by atoms with E-state index in [9.17, 15) is 0 Å². The molecule has 0 amide bonds. The Labute approximate surface area is 193 Å². The largest absolute Gasteiger partial charge is 0.495 e. The van der Waals surface area contributed by atoms with Crippen LogP contribution in [0.2, 0.25) is 0 Å². The van der Waals surface area contributed by atoms with E-state index in [1.165, 1.54) is 10.5 Å². The first-order valence-corrected chi connectivity index (χ1v) is 11.6. The van der Waals surface area contributed by atoms with E-state index >= 15 is 0 Å². The number of thioether (sulfide) groups is 1. The van der Waals surface area contributed by atoms with E-state index in [1.807, 2.05) is 47.2 Å². The minimum absolute atomic E-state index is 0.131. The van der Waals surface area contributed by atoms with Crippen molar-refractivity contribution in [3.63, 3.8) is 0 Å². The summed E-state index contributed by atoms with van der Waals surface area (Å²) in [5.74, 6) is 3.21. The van der Waals surface area contributed by atoms with Gasteiger partial charge in [0.1, 0.15) is 17.9 Å². The molecule has 0 bridgehead atoms. The topological polar surface area (TPSA) is 62.8 Å². The Kier molecular flexibility index (Phi) is 7.47. The molecule has 0 aliphatic carbocycles. The van der Waals surface area contributed by atoms with Crippen LogP contribution in [0.4, 0.5) is 17.3 Å². The van der Waals surface area contributed by atoms with Crippen molar-refractivity contribution in [1.82, 2.24) is 14.9 Å². The monoisotopic (exact) mass is 451 g/mol. The zero-order chi connectivity index (χ0) is 22.3. The molecule has 3 aromatic rings. The molecule has 1 fully saturated rings. The van der Waals surface area contributed by atoms with Crippen molar-refractivity contribution in [1.29, 1.82) is 0 Å². The molecule has 1 saturated heterocycles. The van der Waals surface area contributed by atoms with Crippen LogP contribution >= 0.6 is 11.8 Å². The van der Waals surface area contributed by atoms with Crippen LogP contribution in [0.1, 0.15) is 18.0 Å². The molecule has 1 aliphatic rings. The lowest BCUT2D eigenvalue weighted by molar-refractivity contribution is 0.157. The summed E-state index contributed by atoms with van der Waals surface area (Å²) >= 11 is 1.81. The van der Waals surface area contributed by atoms with Crippen LogP contribution in [0.3, 0.4) is 0 Å². The number of hydrogen-bond donors (Lipinski definition) is 1. The third-order valence-corrected chi connectivity index (χ3v) is 6.18. The van der Waals surface area contributed by atoms with Gasteiger partial charge in [-0.15, -0.1) is 11.8 Å². The Morgan fingerprint density at radius 1 is 1.16 bits per heavy atom. The number of anilines is 3. The van der Waals surface area contributed by atoms with E-state index in [2.05, 4.69) is 58.5 Å². The Morgan fingerprint density at radius 2 is 2.00 bits per heavy atom. The third-order valence-electron chi connectivity index (χ3n) is 5.21. The van der Waals surface area contributed by atoms with Gasteiger partial charge in [-0.2, -0.15) is 0 Å². The molecule has 1 atom stereocenters. The third kappa shape index (κ3) is 5.51. The van der Waals surface area contributed by atoms with Crippen LogP contribution in [-0.2, 0) is 4.84 Å². The molecule has 2 heterocycles. The SMILES string of the molecule is COc1cc(SCCN(C)C)ccc1Nc1cc(N2OCC[C@@H]2c2ccccc2)ncn1. The van der Waals surface area contributed by atoms with Crippen molar-refractivity contribution >= 4 is 29.1 Å². The lowest BCUT2D eigenvalue weighted by Gasteiger charge is -2.24. The van der Waals surface area contributed by atoms with E-state index in [0.29, 0.717) is 12.4 Å². The second kappa shape index (κ2) is 10.7. The van der Waals surface area contributed by atoms with Gasteiger partial charge in [0, 0.05) is 29.7 Å². The second-order valence-electron chi connectivity index (χ2n) is 7.77. The Morgan fingerprint density at radius 3 is 2.78 bits per heavy atom. The molecule has 0 saturated carbocycles. The van der Waals surface area contributed by atoms with Crippen molar-refractivity contribution in [3.8, 4) is 5.75 Å². The summed E-state index contributed by atoms with van der Waals surface area (Å²) < 4.78 is 5.63.